The second-order valence-corrected chi connectivity index (χ2v) is 7.01. The molecule has 0 atom stereocenters. The van der Waals surface area contributed by atoms with Crippen LogP contribution < -0.4 is 5.32 Å². The summed E-state index contributed by atoms with van der Waals surface area (Å²) in [5, 5.41) is 12.7. The van der Waals surface area contributed by atoms with E-state index < -0.39 is 5.97 Å². The van der Waals surface area contributed by atoms with Crippen molar-refractivity contribution >= 4 is 5.97 Å². The maximum Gasteiger partial charge on any atom is 0.306 e. The SMILES string of the molecule is O=C(O)C1CCC(NCc2ccccc2COCc2ccccc2)CC1. The number of carbonyl (C=O) groups is 1. The van der Waals surface area contributed by atoms with Crippen molar-refractivity contribution in [2.45, 2.75) is 51.5 Å². The molecular weight excluding hydrogens is 326 g/mol. The van der Waals surface area contributed by atoms with Gasteiger partial charge in [0.2, 0.25) is 0 Å². The monoisotopic (exact) mass is 353 g/mol. The summed E-state index contributed by atoms with van der Waals surface area (Å²) in [4.78, 5) is 11.1. The average molecular weight is 353 g/mol. The molecule has 0 heterocycles. The highest BCUT2D eigenvalue weighted by atomic mass is 16.5. The van der Waals surface area contributed by atoms with E-state index in [1.54, 1.807) is 0 Å². The number of carboxylic acids is 1. The Bertz CT molecular complexity index is 694. The van der Waals surface area contributed by atoms with Gasteiger partial charge in [0.25, 0.3) is 0 Å². The van der Waals surface area contributed by atoms with Gasteiger partial charge in [0.1, 0.15) is 0 Å². The van der Waals surface area contributed by atoms with Crippen molar-refractivity contribution in [3.63, 3.8) is 0 Å². The topological polar surface area (TPSA) is 58.6 Å². The van der Waals surface area contributed by atoms with Gasteiger partial charge in [0.15, 0.2) is 0 Å². The molecule has 0 amide bonds. The quantitative estimate of drug-likeness (QED) is 0.749. The average Bonchev–Trinajstić information content (AvgIpc) is 2.68. The third-order valence-corrected chi connectivity index (χ3v) is 5.15. The molecular formula is C22H27NO3. The zero-order valence-corrected chi connectivity index (χ0v) is 15.1. The van der Waals surface area contributed by atoms with Crippen molar-refractivity contribution in [2.24, 2.45) is 5.92 Å². The number of nitrogens with one attached hydrogen (secondary N) is 1. The highest BCUT2D eigenvalue weighted by molar-refractivity contribution is 5.70. The van der Waals surface area contributed by atoms with Crippen LogP contribution in [0.3, 0.4) is 0 Å². The molecule has 1 aliphatic carbocycles. The van der Waals surface area contributed by atoms with Gasteiger partial charge in [-0.3, -0.25) is 4.79 Å². The Morgan fingerprint density at radius 2 is 1.58 bits per heavy atom. The van der Waals surface area contributed by atoms with Gasteiger partial charge >= 0.3 is 5.97 Å². The lowest BCUT2D eigenvalue weighted by atomic mass is 9.86. The van der Waals surface area contributed by atoms with Gasteiger partial charge in [-0.1, -0.05) is 54.6 Å². The first-order valence-electron chi connectivity index (χ1n) is 9.37. The maximum atomic E-state index is 11.1. The van der Waals surface area contributed by atoms with Crippen molar-refractivity contribution in [1.29, 1.82) is 0 Å². The van der Waals surface area contributed by atoms with Gasteiger partial charge in [-0.15, -0.1) is 0 Å². The minimum absolute atomic E-state index is 0.160. The minimum atomic E-state index is -0.649. The van der Waals surface area contributed by atoms with Crippen molar-refractivity contribution < 1.29 is 14.6 Å². The van der Waals surface area contributed by atoms with Crippen molar-refractivity contribution in [3.05, 3.63) is 71.3 Å². The minimum Gasteiger partial charge on any atom is -0.481 e. The Morgan fingerprint density at radius 1 is 0.923 bits per heavy atom. The molecule has 0 spiro atoms. The first-order valence-corrected chi connectivity index (χ1v) is 9.37. The van der Waals surface area contributed by atoms with Crippen LogP contribution >= 0.6 is 0 Å². The third-order valence-electron chi connectivity index (χ3n) is 5.15. The standard InChI is InChI=1S/C22H27NO3/c24-22(25)18-10-12-21(13-11-18)23-14-19-8-4-5-9-20(19)16-26-15-17-6-2-1-3-7-17/h1-9,18,21,23H,10-16H2,(H,24,25). The number of carboxylic acid groups (broad SMARTS) is 1. The van der Waals surface area contributed by atoms with Gasteiger partial charge in [-0.25, -0.2) is 0 Å². The van der Waals surface area contributed by atoms with E-state index in [-0.39, 0.29) is 5.92 Å². The maximum absolute atomic E-state index is 11.1. The molecule has 2 N–H and O–H groups in total. The van der Waals surface area contributed by atoms with Gasteiger partial charge in [-0.2, -0.15) is 0 Å². The van der Waals surface area contributed by atoms with Crippen molar-refractivity contribution in [1.82, 2.24) is 5.32 Å². The number of aliphatic carboxylic acids is 1. The molecule has 26 heavy (non-hydrogen) atoms. The predicted molar refractivity (Wildman–Crippen MR) is 102 cm³/mol. The number of benzene rings is 2. The highest BCUT2D eigenvalue weighted by Gasteiger charge is 2.25. The van der Waals surface area contributed by atoms with Gasteiger partial charge in [0, 0.05) is 12.6 Å². The van der Waals surface area contributed by atoms with E-state index in [9.17, 15) is 4.79 Å². The lowest BCUT2D eigenvalue weighted by molar-refractivity contribution is -0.142. The zero-order chi connectivity index (χ0) is 18.2. The van der Waals surface area contributed by atoms with Crippen LogP contribution in [0.4, 0.5) is 0 Å². The summed E-state index contributed by atoms with van der Waals surface area (Å²) < 4.78 is 5.89. The predicted octanol–water partition coefficient (Wildman–Crippen LogP) is 4.14. The van der Waals surface area contributed by atoms with Crippen LogP contribution in [0.1, 0.15) is 42.4 Å². The van der Waals surface area contributed by atoms with Crippen molar-refractivity contribution in [2.75, 3.05) is 0 Å². The first-order chi connectivity index (χ1) is 12.7. The van der Waals surface area contributed by atoms with E-state index in [2.05, 4.69) is 35.6 Å². The lowest BCUT2D eigenvalue weighted by Crippen LogP contribution is -2.34. The molecule has 4 heteroatoms. The fourth-order valence-electron chi connectivity index (χ4n) is 3.52. The molecule has 1 aliphatic rings. The fraction of sp³-hybridized carbons (Fsp3) is 0.409. The molecule has 0 bridgehead atoms. The van der Waals surface area contributed by atoms with Gasteiger partial charge in [0.05, 0.1) is 19.1 Å². The van der Waals surface area contributed by atoms with Gasteiger partial charge < -0.3 is 15.2 Å². The van der Waals surface area contributed by atoms with E-state index >= 15 is 0 Å². The summed E-state index contributed by atoms with van der Waals surface area (Å²) in [5.74, 6) is -0.809. The lowest BCUT2D eigenvalue weighted by Gasteiger charge is -2.27. The Morgan fingerprint density at radius 3 is 2.27 bits per heavy atom. The molecule has 2 aromatic rings. The van der Waals surface area contributed by atoms with Crippen LogP contribution in [0.5, 0.6) is 0 Å². The second-order valence-electron chi connectivity index (χ2n) is 7.01. The van der Waals surface area contributed by atoms with E-state index in [0.29, 0.717) is 19.3 Å². The van der Waals surface area contributed by atoms with Crippen LogP contribution in [0.25, 0.3) is 0 Å². The van der Waals surface area contributed by atoms with E-state index in [1.807, 2.05) is 24.3 Å². The van der Waals surface area contributed by atoms with Crippen molar-refractivity contribution in [3.8, 4) is 0 Å². The molecule has 0 saturated heterocycles. The van der Waals surface area contributed by atoms with E-state index in [4.69, 9.17) is 9.84 Å². The molecule has 0 aromatic heterocycles. The molecule has 0 unspecified atom stereocenters. The molecule has 4 nitrogen and oxygen atoms in total. The van der Waals surface area contributed by atoms with E-state index in [1.165, 1.54) is 16.7 Å². The Balaban J connectivity index is 1.47. The number of hydrogen-bond donors (Lipinski definition) is 2. The molecule has 0 aliphatic heterocycles. The first kappa shape index (κ1) is 18.6. The summed E-state index contributed by atoms with van der Waals surface area (Å²) in [6.07, 6.45) is 3.41. The van der Waals surface area contributed by atoms with E-state index in [0.717, 1.165) is 32.2 Å². The third kappa shape index (κ3) is 5.41. The Hall–Kier alpha value is -2.17. The summed E-state index contributed by atoms with van der Waals surface area (Å²) in [5.41, 5.74) is 3.63. The Labute approximate surface area is 155 Å². The summed E-state index contributed by atoms with van der Waals surface area (Å²) in [6, 6.07) is 19.0. The number of ether oxygens (including phenoxy) is 1. The molecule has 1 saturated carbocycles. The fourth-order valence-corrected chi connectivity index (χ4v) is 3.52. The Kier molecular flexibility index (Phi) is 6.81. The summed E-state index contributed by atoms with van der Waals surface area (Å²) in [6.45, 7) is 2.01. The van der Waals surface area contributed by atoms with Crippen LogP contribution in [0.15, 0.2) is 54.6 Å². The second kappa shape index (κ2) is 9.51. The zero-order valence-electron chi connectivity index (χ0n) is 15.1. The normalized spacial score (nSPS) is 20.0. The molecule has 0 radical (unpaired) electrons. The van der Waals surface area contributed by atoms with Crippen LogP contribution in [-0.4, -0.2) is 17.1 Å². The molecule has 138 valence electrons. The number of hydrogen-bond acceptors (Lipinski definition) is 3. The summed E-state index contributed by atoms with van der Waals surface area (Å²) >= 11 is 0. The smallest absolute Gasteiger partial charge is 0.306 e. The van der Waals surface area contributed by atoms with Crippen LogP contribution in [0.2, 0.25) is 0 Å². The highest BCUT2D eigenvalue weighted by Crippen LogP contribution is 2.25. The largest absolute Gasteiger partial charge is 0.481 e. The molecule has 3 rings (SSSR count). The van der Waals surface area contributed by atoms with Gasteiger partial charge in [-0.05, 0) is 42.4 Å². The molecule has 1 fully saturated rings. The van der Waals surface area contributed by atoms with Crippen LogP contribution in [-0.2, 0) is 29.3 Å². The molecule has 2 aromatic carbocycles. The van der Waals surface area contributed by atoms with Crippen LogP contribution in [0, 0.1) is 5.92 Å². The summed E-state index contributed by atoms with van der Waals surface area (Å²) in [7, 11) is 0. The number of rotatable bonds is 8.